The highest BCUT2D eigenvalue weighted by molar-refractivity contribution is 5.93. The molecule has 2 aromatic rings. The van der Waals surface area contributed by atoms with Crippen molar-refractivity contribution in [1.29, 1.82) is 0 Å². The average Bonchev–Trinajstić information content (AvgIpc) is 2.77. The molecule has 176 valence electrons. The molecule has 1 aliphatic heterocycles. The Balaban J connectivity index is 1.65. The second-order valence-corrected chi connectivity index (χ2v) is 7.80. The van der Waals surface area contributed by atoms with Crippen molar-refractivity contribution in [1.82, 2.24) is 9.80 Å². The lowest BCUT2D eigenvalue weighted by molar-refractivity contribution is -0.154. The van der Waals surface area contributed by atoms with Gasteiger partial charge in [0.25, 0.3) is 0 Å². The average molecular weight is 463 g/mol. The lowest BCUT2D eigenvalue weighted by atomic mass is 9.94. The fraction of sp³-hybridized carbons (Fsp3) is 0.348. The zero-order valence-corrected chi connectivity index (χ0v) is 18.2. The number of fused-ring (bicyclic) bond motifs is 1. The maximum Gasteiger partial charge on any atom is 0.418 e. The van der Waals surface area contributed by atoms with E-state index in [0.29, 0.717) is 6.42 Å². The second-order valence-electron chi connectivity index (χ2n) is 7.80. The largest absolute Gasteiger partial charge is 0.467 e. The number of carbonyl (C=O) groups excluding carboxylic acids is 3. The molecule has 10 heteroatoms. The summed E-state index contributed by atoms with van der Waals surface area (Å²) in [5.41, 5.74) is 0.557. The van der Waals surface area contributed by atoms with E-state index in [4.69, 9.17) is 4.74 Å². The van der Waals surface area contributed by atoms with E-state index in [9.17, 15) is 27.6 Å². The molecule has 0 aromatic heterocycles. The van der Waals surface area contributed by atoms with Crippen LogP contribution < -0.4 is 5.32 Å². The molecule has 3 rings (SSSR count). The van der Waals surface area contributed by atoms with Crippen LogP contribution in [-0.4, -0.2) is 60.9 Å². The van der Waals surface area contributed by atoms with Crippen molar-refractivity contribution in [2.45, 2.75) is 25.2 Å². The Bertz CT molecular complexity index is 1040. The van der Waals surface area contributed by atoms with E-state index in [-0.39, 0.29) is 25.3 Å². The van der Waals surface area contributed by atoms with E-state index in [0.717, 1.165) is 23.3 Å². The number of esters is 1. The van der Waals surface area contributed by atoms with Gasteiger partial charge in [-0.25, -0.2) is 4.79 Å². The Morgan fingerprint density at radius 2 is 1.70 bits per heavy atom. The summed E-state index contributed by atoms with van der Waals surface area (Å²) in [6.45, 7) is -0.303. The number of benzene rings is 2. The van der Waals surface area contributed by atoms with Gasteiger partial charge in [0.15, 0.2) is 0 Å². The minimum absolute atomic E-state index is 0.204. The molecule has 0 saturated carbocycles. The number of halogens is 3. The summed E-state index contributed by atoms with van der Waals surface area (Å²) in [6, 6.07) is 11.3. The smallest absolute Gasteiger partial charge is 0.418 e. The van der Waals surface area contributed by atoms with Crippen LogP contribution in [0.2, 0.25) is 0 Å². The van der Waals surface area contributed by atoms with Gasteiger partial charge in [-0.15, -0.1) is 0 Å². The number of carbonyl (C=O) groups is 3. The lowest BCUT2D eigenvalue weighted by Crippen LogP contribution is -2.52. The van der Waals surface area contributed by atoms with Gasteiger partial charge in [0.05, 0.1) is 31.5 Å². The van der Waals surface area contributed by atoms with Gasteiger partial charge in [0.2, 0.25) is 11.8 Å². The maximum atomic E-state index is 13.1. The number of alkyl halides is 3. The van der Waals surface area contributed by atoms with Gasteiger partial charge in [0.1, 0.15) is 6.04 Å². The number of nitrogens with one attached hydrogen (secondary N) is 1. The molecule has 0 unspecified atom stereocenters. The molecule has 7 nitrogen and oxygen atoms in total. The summed E-state index contributed by atoms with van der Waals surface area (Å²) in [5, 5.41) is 2.25. The number of ether oxygens (including phenoxy) is 1. The predicted octanol–water partition coefficient (Wildman–Crippen LogP) is 2.70. The van der Waals surface area contributed by atoms with Gasteiger partial charge in [-0.1, -0.05) is 36.4 Å². The van der Waals surface area contributed by atoms with Crippen molar-refractivity contribution in [3.63, 3.8) is 0 Å². The zero-order chi connectivity index (χ0) is 24.2. The monoisotopic (exact) mass is 463 g/mol. The Hall–Kier alpha value is -3.40. The molecular formula is C23H24F3N3O4. The normalized spacial score (nSPS) is 15.7. The first-order valence-corrected chi connectivity index (χ1v) is 10.2. The zero-order valence-electron chi connectivity index (χ0n) is 18.2. The Kier molecular flexibility index (Phi) is 7.37. The predicted molar refractivity (Wildman–Crippen MR) is 114 cm³/mol. The number of likely N-dealkylation sites (N-methyl/N-ethyl adjacent to an activating group) is 1. The first-order chi connectivity index (χ1) is 15.6. The molecule has 1 atom stereocenters. The molecule has 1 N–H and O–H groups in total. The van der Waals surface area contributed by atoms with Crippen LogP contribution in [0.3, 0.4) is 0 Å². The topological polar surface area (TPSA) is 79.0 Å². The van der Waals surface area contributed by atoms with E-state index >= 15 is 0 Å². The molecule has 1 heterocycles. The summed E-state index contributed by atoms with van der Waals surface area (Å²) < 4.78 is 44.2. The van der Waals surface area contributed by atoms with E-state index in [2.05, 4.69) is 5.32 Å². The van der Waals surface area contributed by atoms with Crippen LogP contribution in [0.4, 0.5) is 18.9 Å². The van der Waals surface area contributed by atoms with E-state index < -0.39 is 35.6 Å². The highest BCUT2D eigenvalue weighted by Crippen LogP contribution is 2.34. The van der Waals surface area contributed by atoms with Crippen molar-refractivity contribution >= 4 is 23.5 Å². The third kappa shape index (κ3) is 5.89. The molecule has 2 aromatic carbocycles. The highest BCUT2D eigenvalue weighted by Gasteiger charge is 2.36. The molecule has 0 spiro atoms. The summed E-state index contributed by atoms with van der Waals surface area (Å²) in [6.07, 6.45) is -4.30. The number of para-hydroxylation sites is 1. The molecule has 1 aliphatic rings. The number of nitrogens with zero attached hydrogens (tertiary/aromatic N) is 2. The SMILES string of the molecule is COC(=O)[C@@H]1Cc2ccccc2CN1C(=O)CN(C)CC(=O)Nc1ccccc1C(F)(F)F. The minimum atomic E-state index is -4.61. The standard InChI is InChI=1S/C23H24F3N3O4/c1-28(13-20(30)27-18-10-6-5-9-17(18)23(24,25)26)14-21(31)29-12-16-8-4-3-7-15(16)11-19(29)22(32)33-2/h3-10,19H,11-14H2,1-2H3,(H,27,30)/t19-/m0/s1. The minimum Gasteiger partial charge on any atom is -0.467 e. The summed E-state index contributed by atoms with van der Waals surface area (Å²) in [5.74, 6) is -1.64. The van der Waals surface area contributed by atoms with Crippen LogP contribution >= 0.6 is 0 Å². The van der Waals surface area contributed by atoms with Crippen LogP contribution in [-0.2, 0) is 38.3 Å². The molecule has 0 bridgehead atoms. The van der Waals surface area contributed by atoms with Gasteiger partial charge >= 0.3 is 12.1 Å². The number of methoxy groups -OCH3 is 1. The molecular weight excluding hydrogens is 439 g/mol. The van der Waals surface area contributed by atoms with Crippen molar-refractivity contribution in [3.05, 3.63) is 65.2 Å². The van der Waals surface area contributed by atoms with Gasteiger partial charge in [-0.3, -0.25) is 14.5 Å². The van der Waals surface area contributed by atoms with Gasteiger partial charge in [-0.2, -0.15) is 13.2 Å². The third-order valence-electron chi connectivity index (χ3n) is 5.37. The van der Waals surface area contributed by atoms with Crippen LogP contribution in [0.15, 0.2) is 48.5 Å². The van der Waals surface area contributed by atoms with Crippen molar-refractivity contribution in [2.24, 2.45) is 0 Å². The van der Waals surface area contributed by atoms with E-state index in [1.165, 1.54) is 36.1 Å². The molecule has 33 heavy (non-hydrogen) atoms. The third-order valence-corrected chi connectivity index (χ3v) is 5.37. The van der Waals surface area contributed by atoms with Crippen LogP contribution in [0.1, 0.15) is 16.7 Å². The fourth-order valence-electron chi connectivity index (χ4n) is 3.78. The van der Waals surface area contributed by atoms with Crippen molar-refractivity contribution in [3.8, 4) is 0 Å². The Morgan fingerprint density at radius 1 is 1.06 bits per heavy atom. The first-order valence-electron chi connectivity index (χ1n) is 10.2. The number of hydrogen-bond acceptors (Lipinski definition) is 5. The lowest BCUT2D eigenvalue weighted by Gasteiger charge is -2.36. The Morgan fingerprint density at radius 3 is 2.36 bits per heavy atom. The molecule has 2 amide bonds. The maximum absolute atomic E-state index is 13.1. The van der Waals surface area contributed by atoms with Crippen LogP contribution in [0.25, 0.3) is 0 Å². The van der Waals surface area contributed by atoms with E-state index in [1.54, 1.807) is 0 Å². The van der Waals surface area contributed by atoms with Crippen molar-refractivity contribution in [2.75, 3.05) is 32.6 Å². The summed E-state index contributed by atoms with van der Waals surface area (Å²) >= 11 is 0. The molecule has 0 fully saturated rings. The summed E-state index contributed by atoms with van der Waals surface area (Å²) in [7, 11) is 2.75. The van der Waals surface area contributed by atoms with E-state index in [1.807, 2.05) is 24.3 Å². The van der Waals surface area contributed by atoms with Gasteiger partial charge in [-0.05, 0) is 30.3 Å². The molecule has 0 saturated heterocycles. The fourth-order valence-corrected chi connectivity index (χ4v) is 3.78. The van der Waals surface area contributed by atoms with Crippen molar-refractivity contribution < 1.29 is 32.3 Å². The highest BCUT2D eigenvalue weighted by atomic mass is 19.4. The van der Waals surface area contributed by atoms with Gasteiger partial charge < -0.3 is 15.0 Å². The quantitative estimate of drug-likeness (QED) is 0.667. The molecule has 0 radical (unpaired) electrons. The second kappa shape index (κ2) is 10.0. The molecule has 0 aliphatic carbocycles. The van der Waals surface area contributed by atoms with Crippen LogP contribution in [0, 0.1) is 0 Å². The van der Waals surface area contributed by atoms with Crippen LogP contribution in [0.5, 0.6) is 0 Å². The summed E-state index contributed by atoms with van der Waals surface area (Å²) in [4.78, 5) is 40.4. The van der Waals surface area contributed by atoms with Gasteiger partial charge in [0, 0.05) is 13.0 Å². The number of rotatable bonds is 6. The number of anilines is 1. The first kappa shape index (κ1) is 24.2. The number of amides is 2. The Labute approximate surface area is 189 Å². The number of hydrogen-bond donors (Lipinski definition) is 1.